The van der Waals surface area contributed by atoms with Crippen LogP contribution in [0.3, 0.4) is 0 Å². The Kier molecular flexibility index (Phi) is 6.20. The fraction of sp³-hybridized carbons (Fsp3) is 0.286. The van der Waals surface area contributed by atoms with Crippen LogP contribution in [-0.2, 0) is 11.2 Å². The molecule has 27 heavy (non-hydrogen) atoms. The van der Waals surface area contributed by atoms with Gasteiger partial charge in [0.1, 0.15) is 11.6 Å². The zero-order valence-corrected chi connectivity index (χ0v) is 15.7. The zero-order valence-electron chi connectivity index (χ0n) is 15.7. The smallest absolute Gasteiger partial charge is 0.229 e. The number of nitrogens with zero attached hydrogens (tertiary/aromatic N) is 3. The minimum absolute atomic E-state index is 0.109. The quantitative estimate of drug-likeness (QED) is 0.611. The predicted molar refractivity (Wildman–Crippen MR) is 107 cm³/mol. The molecule has 1 aromatic carbocycles. The molecule has 0 aliphatic rings. The van der Waals surface area contributed by atoms with Gasteiger partial charge in [0.2, 0.25) is 5.91 Å². The normalized spacial score (nSPS) is 11.2. The number of methoxy groups -OCH3 is 1. The lowest BCUT2D eigenvalue weighted by molar-refractivity contribution is -0.115. The Morgan fingerprint density at radius 1 is 1.30 bits per heavy atom. The number of rotatable bonds is 8. The first-order valence-electron chi connectivity index (χ1n) is 9.12. The lowest BCUT2D eigenvalue weighted by atomic mass is 10.1. The SMILES string of the molecule is CCCCC=Cc1cn2c(NC(=O)Cc3cccc(OC)c3)cnc2cn1. The van der Waals surface area contributed by atoms with E-state index in [1.807, 2.05) is 40.9 Å². The lowest BCUT2D eigenvalue weighted by Crippen LogP contribution is -2.15. The summed E-state index contributed by atoms with van der Waals surface area (Å²) in [6.07, 6.45) is 13.0. The monoisotopic (exact) mass is 364 g/mol. The number of nitrogens with one attached hydrogen (secondary N) is 1. The van der Waals surface area contributed by atoms with Crippen molar-refractivity contribution in [1.82, 2.24) is 14.4 Å². The number of carbonyl (C=O) groups is 1. The third-order valence-electron chi connectivity index (χ3n) is 4.20. The first kappa shape index (κ1) is 18.6. The van der Waals surface area contributed by atoms with E-state index < -0.39 is 0 Å². The summed E-state index contributed by atoms with van der Waals surface area (Å²) in [6.45, 7) is 2.17. The number of aromatic nitrogens is 3. The highest BCUT2D eigenvalue weighted by Gasteiger charge is 2.09. The van der Waals surface area contributed by atoms with E-state index in [1.165, 1.54) is 6.42 Å². The maximum Gasteiger partial charge on any atom is 0.229 e. The molecular formula is C21H24N4O2. The highest BCUT2D eigenvalue weighted by atomic mass is 16.5. The topological polar surface area (TPSA) is 68.5 Å². The van der Waals surface area contributed by atoms with Gasteiger partial charge >= 0.3 is 0 Å². The maximum absolute atomic E-state index is 12.4. The first-order chi connectivity index (χ1) is 13.2. The van der Waals surface area contributed by atoms with E-state index in [2.05, 4.69) is 28.3 Å². The molecule has 6 nitrogen and oxygen atoms in total. The average Bonchev–Trinajstić information content (AvgIpc) is 3.07. The van der Waals surface area contributed by atoms with Crippen molar-refractivity contribution in [2.45, 2.75) is 32.6 Å². The molecule has 0 unspecified atom stereocenters. The van der Waals surface area contributed by atoms with Crippen LogP contribution < -0.4 is 10.1 Å². The number of unbranched alkanes of at least 4 members (excludes halogenated alkanes) is 2. The number of carbonyl (C=O) groups excluding carboxylic acids is 1. The molecule has 0 saturated heterocycles. The third kappa shape index (κ3) is 4.94. The van der Waals surface area contributed by atoms with Gasteiger partial charge < -0.3 is 10.1 Å². The van der Waals surface area contributed by atoms with Gasteiger partial charge in [-0.05, 0) is 30.2 Å². The highest BCUT2D eigenvalue weighted by molar-refractivity contribution is 5.91. The summed E-state index contributed by atoms with van der Waals surface area (Å²) >= 11 is 0. The summed E-state index contributed by atoms with van der Waals surface area (Å²) in [5.41, 5.74) is 2.42. The predicted octanol–water partition coefficient (Wildman–Crippen LogP) is 4.12. The number of ether oxygens (including phenoxy) is 1. The first-order valence-corrected chi connectivity index (χ1v) is 9.12. The van der Waals surface area contributed by atoms with Gasteiger partial charge in [0.15, 0.2) is 5.65 Å². The largest absolute Gasteiger partial charge is 0.497 e. The summed E-state index contributed by atoms with van der Waals surface area (Å²) < 4.78 is 7.04. The molecule has 1 N–H and O–H groups in total. The second kappa shape index (κ2) is 8.98. The molecule has 3 aromatic rings. The molecule has 0 saturated carbocycles. The van der Waals surface area contributed by atoms with Gasteiger partial charge in [-0.1, -0.05) is 38.0 Å². The van der Waals surface area contributed by atoms with Crippen molar-refractivity contribution in [1.29, 1.82) is 0 Å². The van der Waals surface area contributed by atoms with Crippen LogP contribution in [0.15, 0.2) is 48.9 Å². The van der Waals surface area contributed by atoms with Gasteiger partial charge in [-0.15, -0.1) is 0 Å². The van der Waals surface area contributed by atoms with Crippen molar-refractivity contribution >= 4 is 23.4 Å². The third-order valence-corrected chi connectivity index (χ3v) is 4.20. The Bertz CT molecular complexity index is 946. The second-order valence-corrected chi connectivity index (χ2v) is 6.30. The van der Waals surface area contributed by atoms with Gasteiger partial charge in [0.05, 0.1) is 31.6 Å². The molecule has 0 fully saturated rings. The molecule has 6 heteroatoms. The van der Waals surface area contributed by atoms with Crippen LogP contribution in [-0.4, -0.2) is 27.4 Å². The number of fused-ring (bicyclic) bond motifs is 1. The van der Waals surface area contributed by atoms with Gasteiger partial charge in [0, 0.05) is 6.20 Å². The van der Waals surface area contributed by atoms with Crippen LogP contribution in [0.2, 0.25) is 0 Å². The molecule has 0 bridgehead atoms. The molecule has 3 rings (SSSR count). The summed E-state index contributed by atoms with van der Waals surface area (Å²) in [5, 5.41) is 2.92. The highest BCUT2D eigenvalue weighted by Crippen LogP contribution is 2.16. The van der Waals surface area contributed by atoms with E-state index in [0.717, 1.165) is 29.8 Å². The molecule has 0 aliphatic carbocycles. The fourth-order valence-electron chi connectivity index (χ4n) is 2.76. The van der Waals surface area contributed by atoms with Crippen LogP contribution >= 0.6 is 0 Å². The molecular weight excluding hydrogens is 340 g/mol. The number of anilines is 1. The van der Waals surface area contributed by atoms with E-state index in [1.54, 1.807) is 19.5 Å². The van der Waals surface area contributed by atoms with Gasteiger partial charge in [-0.2, -0.15) is 0 Å². The van der Waals surface area contributed by atoms with Crippen molar-refractivity contribution in [3.63, 3.8) is 0 Å². The number of amides is 1. The summed E-state index contributed by atoms with van der Waals surface area (Å²) in [5.74, 6) is 1.26. The standard InChI is InChI=1S/C21H24N4O2/c1-3-4-5-6-9-17-15-25-19(13-22-17)23-14-20(25)24-21(26)12-16-8-7-10-18(11-16)27-2/h6-11,13-15H,3-5,12H2,1-2H3,(H,24,26). The molecule has 0 spiro atoms. The van der Waals surface area contributed by atoms with Gasteiger partial charge in [-0.3, -0.25) is 14.2 Å². The van der Waals surface area contributed by atoms with E-state index >= 15 is 0 Å². The Hall–Kier alpha value is -3.15. The van der Waals surface area contributed by atoms with E-state index in [9.17, 15) is 4.79 Å². The van der Waals surface area contributed by atoms with Crippen molar-refractivity contribution in [2.24, 2.45) is 0 Å². The van der Waals surface area contributed by atoms with Crippen LogP contribution in [0, 0.1) is 0 Å². The van der Waals surface area contributed by atoms with Crippen molar-refractivity contribution in [3.05, 3.63) is 60.2 Å². The molecule has 1 amide bonds. The minimum Gasteiger partial charge on any atom is -0.497 e. The maximum atomic E-state index is 12.4. The van der Waals surface area contributed by atoms with Crippen LogP contribution in [0.5, 0.6) is 5.75 Å². The Balaban J connectivity index is 1.71. The molecule has 0 radical (unpaired) electrons. The molecule has 0 atom stereocenters. The van der Waals surface area contributed by atoms with Crippen molar-refractivity contribution in [2.75, 3.05) is 12.4 Å². The second-order valence-electron chi connectivity index (χ2n) is 6.30. The van der Waals surface area contributed by atoms with Gasteiger partial charge in [-0.25, -0.2) is 4.98 Å². The summed E-state index contributed by atoms with van der Waals surface area (Å²) in [7, 11) is 1.61. The van der Waals surface area contributed by atoms with Crippen LogP contribution in [0.25, 0.3) is 11.7 Å². The minimum atomic E-state index is -0.109. The van der Waals surface area contributed by atoms with Crippen molar-refractivity contribution < 1.29 is 9.53 Å². The summed E-state index contributed by atoms with van der Waals surface area (Å²) in [6, 6.07) is 7.49. The van der Waals surface area contributed by atoms with E-state index in [4.69, 9.17) is 4.74 Å². The van der Waals surface area contributed by atoms with E-state index in [-0.39, 0.29) is 12.3 Å². The van der Waals surface area contributed by atoms with Gasteiger partial charge in [0.25, 0.3) is 0 Å². The number of hydrogen-bond donors (Lipinski definition) is 1. The fourth-order valence-corrected chi connectivity index (χ4v) is 2.76. The number of hydrogen-bond acceptors (Lipinski definition) is 4. The summed E-state index contributed by atoms with van der Waals surface area (Å²) in [4.78, 5) is 21.1. The number of benzene rings is 1. The zero-order chi connectivity index (χ0) is 19.1. The molecule has 140 valence electrons. The Labute approximate surface area is 158 Å². The van der Waals surface area contributed by atoms with Crippen LogP contribution in [0.4, 0.5) is 5.82 Å². The molecule has 2 heterocycles. The molecule has 2 aromatic heterocycles. The number of allylic oxidation sites excluding steroid dienone is 1. The average molecular weight is 364 g/mol. The Morgan fingerprint density at radius 2 is 2.19 bits per heavy atom. The van der Waals surface area contributed by atoms with Crippen LogP contribution in [0.1, 0.15) is 37.4 Å². The van der Waals surface area contributed by atoms with E-state index in [0.29, 0.717) is 11.5 Å². The lowest BCUT2D eigenvalue weighted by Gasteiger charge is -2.07. The number of imidazole rings is 1. The van der Waals surface area contributed by atoms with Crippen molar-refractivity contribution in [3.8, 4) is 5.75 Å². The Morgan fingerprint density at radius 3 is 3.00 bits per heavy atom. The molecule has 0 aliphatic heterocycles.